The maximum absolute atomic E-state index is 12.3. The van der Waals surface area contributed by atoms with Crippen LogP contribution in [0.1, 0.15) is 44.1 Å². The zero-order chi connectivity index (χ0) is 16.6. The smallest absolute Gasteiger partial charge is 0.269 e. The fourth-order valence-electron chi connectivity index (χ4n) is 2.11. The Balaban J connectivity index is 1.84. The highest BCUT2D eigenvalue weighted by molar-refractivity contribution is 7.97. The van der Waals surface area contributed by atoms with Gasteiger partial charge in [-0.25, -0.2) is 4.98 Å². The first-order valence-electron chi connectivity index (χ1n) is 7.77. The number of halogens is 1. The predicted molar refractivity (Wildman–Crippen MR) is 94.0 cm³/mol. The first kappa shape index (κ1) is 16.6. The SMILES string of the molecule is CC(C)CNC(=O)c1cnc2c(Cl)cc(SNC3(C)CC3)cn12. The first-order chi connectivity index (χ1) is 10.9. The zero-order valence-corrected chi connectivity index (χ0v) is 15.1. The number of nitrogens with zero attached hydrogens (tertiary/aromatic N) is 2. The number of carbonyl (C=O) groups is 1. The molecule has 1 saturated carbocycles. The molecule has 0 radical (unpaired) electrons. The van der Waals surface area contributed by atoms with Gasteiger partial charge in [-0.1, -0.05) is 25.4 Å². The molecule has 0 unspecified atom stereocenters. The number of nitrogens with one attached hydrogen (secondary N) is 2. The van der Waals surface area contributed by atoms with Crippen LogP contribution < -0.4 is 10.0 Å². The van der Waals surface area contributed by atoms with E-state index in [1.54, 1.807) is 22.5 Å². The van der Waals surface area contributed by atoms with E-state index in [2.05, 4.69) is 35.8 Å². The van der Waals surface area contributed by atoms with Gasteiger partial charge in [0.15, 0.2) is 5.65 Å². The minimum Gasteiger partial charge on any atom is -0.350 e. The van der Waals surface area contributed by atoms with Crippen LogP contribution in [0.25, 0.3) is 5.65 Å². The molecular formula is C16H21ClN4OS. The van der Waals surface area contributed by atoms with E-state index in [-0.39, 0.29) is 11.4 Å². The van der Waals surface area contributed by atoms with E-state index >= 15 is 0 Å². The summed E-state index contributed by atoms with van der Waals surface area (Å²) in [5.74, 6) is 0.267. The van der Waals surface area contributed by atoms with Crippen LogP contribution in [-0.4, -0.2) is 27.4 Å². The van der Waals surface area contributed by atoms with Crippen molar-refractivity contribution in [1.29, 1.82) is 0 Å². The summed E-state index contributed by atoms with van der Waals surface area (Å²) in [5, 5.41) is 3.46. The lowest BCUT2D eigenvalue weighted by Crippen LogP contribution is -2.28. The summed E-state index contributed by atoms with van der Waals surface area (Å²) in [4.78, 5) is 17.6. The Kier molecular flexibility index (Phi) is 4.58. The minimum absolute atomic E-state index is 0.133. The van der Waals surface area contributed by atoms with Crippen LogP contribution >= 0.6 is 23.5 Å². The molecule has 5 nitrogen and oxygen atoms in total. The fraction of sp³-hybridized carbons (Fsp3) is 0.500. The molecule has 1 amide bonds. The lowest BCUT2D eigenvalue weighted by molar-refractivity contribution is 0.0943. The van der Waals surface area contributed by atoms with E-state index in [9.17, 15) is 4.79 Å². The van der Waals surface area contributed by atoms with Crippen molar-refractivity contribution in [3.05, 3.63) is 29.2 Å². The van der Waals surface area contributed by atoms with Crippen LogP contribution in [0.2, 0.25) is 5.02 Å². The Morgan fingerprint density at radius 2 is 2.26 bits per heavy atom. The van der Waals surface area contributed by atoms with E-state index in [0.717, 1.165) is 4.90 Å². The van der Waals surface area contributed by atoms with Crippen molar-refractivity contribution in [2.75, 3.05) is 6.54 Å². The second-order valence-corrected chi connectivity index (χ2v) is 8.02. The number of aromatic nitrogens is 2. The third-order valence-corrected chi connectivity index (χ3v) is 5.19. The molecule has 0 saturated heterocycles. The number of rotatable bonds is 6. The molecular weight excluding hydrogens is 332 g/mol. The van der Waals surface area contributed by atoms with Gasteiger partial charge in [0.05, 0.1) is 11.2 Å². The lowest BCUT2D eigenvalue weighted by Gasteiger charge is -2.12. The second-order valence-electron chi connectivity index (χ2n) is 6.73. The van der Waals surface area contributed by atoms with Crippen molar-refractivity contribution in [1.82, 2.24) is 19.4 Å². The van der Waals surface area contributed by atoms with Crippen molar-refractivity contribution in [2.24, 2.45) is 5.92 Å². The van der Waals surface area contributed by atoms with Gasteiger partial charge in [0.2, 0.25) is 0 Å². The highest BCUT2D eigenvalue weighted by Gasteiger charge is 2.37. The van der Waals surface area contributed by atoms with Gasteiger partial charge in [-0.05, 0) is 43.7 Å². The third-order valence-electron chi connectivity index (χ3n) is 3.85. The highest BCUT2D eigenvalue weighted by atomic mass is 35.5. The van der Waals surface area contributed by atoms with Crippen LogP contribution in [0.3, 0.4) is 0 Å². The number of hydrogen-bond donors (Lipinski definition) is 2. The largest absolute Gasteiger partial charge is 0.350 e. The summed E-state index contributed by atoms with van der Waals surface area (Å²) in [5.41, 5.74) is 1.32. The van der Waals surface area contributed by atoms with Crippen molar-refractivity contribution < 1.29 is 4.79 Å². The average Bonchev–Trinajstić information content (AvgIpc) is 3.07. The molecule has 0 spiro atoms. The summed E-state index contributed by atoms with van der Waals surface area (Å²) < 4.78 is 5.21. The maximum Gasteiger partial charge on any atom is 0.269 e. The summed E-state index contributed by atoms with van der Waals surface area (Å²) in [6.07, 6.45) is 5.84. The number of fused-ring (bicyclic) bond motifs is 1. The lowest BCUT2D eigenvalue weighted by atomic mass is 10.2. The summed E-state index contributed by atoms with van der Waals surface area (Å²) in [7, 11) is 0. The van der Waals surface area contributed by atoms with Crippen LogP contribution in [0, 0.1) is 5.92 Å². The molecule has 7 heteroatoms. The van der Waals surface area contributed by atoms with E-state index in [1.807, 2.05) is 12.3 Å². The zero-order valence-electron chi connectivity index (χ0n) is 13.5. The van der Waals surface area contributed by atoms with E-state index in [4.69, 9.17) is 11.6 Å². The number of imidazole rings is 1. The van der Waals surface area contributed by atoms with Gasteiger partial charge >= 0.3 is 0 Å². The normalized spacial score (nSPS) is 16.0. The molecule has 2 aromatic heterocycles. The van der Waals surface area contributed by atoms with Crippen molar-refractivity contribution >= 4 is 35.1 Å². The molecule has 3 rings (SSSR count). The molecule has 2 N–H and O–H groups in total. The highest BCUT2D eigenvalue weighted by Crippen LogP contribution is 2.38. The molecule has 0 aromatic carbocycles. The molecule has 0 atom stereocenters. The molecule has 2 heterocycles. The Morgan fingerprint density at radius 1 is 1.52 bits per heavy atom. The van der Waals surface area contributed by atoms with Crippen LogP contribution in [0.4, 0.5) is 0 Å². The van der Waals surface area contributed by atoms with Crippen LogP contribution in [0.15, 0.2) is 23.4 Å². The Morgan fingerprint density at radius 3 is 2.91 bits per heavy atom. The molecule has 1 fully saturated rings. The minimum atomic E-state index is -0.133. The maximum atomic E-state index is 12.3. The quantitative estimate of drug-likeness (QED) is 0.781. The average molecular weight is 353 g/mol. The van der Waals surface area contributed by atoms with Gasteiger partial charge in [-0.3, -0.25) is 13.9 Å². The third kappa shape index (κ3) is 3.82. The van der Waals surface area contributed by atoms with Gasteiger partial charge in [0, 0.05) is 23.2 Å². The van der Waals surface area contributed by atoms with Crippen molar-refractivity contribution in [3.8, 4) is 0 Å². The van der Waals surface area contributed by atoms with Gasteiger partial charge in [-0.15, -0.1) is 0 Å². The molecule has 1 aliphatic rings. The van der Waals surface area contributed by atoms with Gasteiger partial charge < -0.3 is 5.32 Å². The summed E-state index contributed by atoms with van der Waals surface area (Å²) in [6.45, 7) is 6.95. The first-order valence-corrected chi connectivity index (χ1v) is 8.96. The monoisotopic (exact) mass is 352 g/mol. The van der Waals surface area contributed by atoms with Crippen LogP contribution in [-0.2, 0) is 0 Å². The predicted octanol–water partition coefficient (Wildman–Crippen LogP) is 3.52. The number of amides is 1. The molecule has 124 valence electrons. The number of pyridine rings is 1. The van der Waals surface area contributed by atoms with Gasteiger partial charge in [0.1, 0.15) is 5.69 Å². The Hall–Kier alpha value is -1.24. The van der Waals surface area contributed by atoms with Gasteiger partial charge in [0.25, 0.3) is 5.91 Å². The Bertz CT molecular complexity index is 739. The van der Waals surface area contributed by atoms with E-state index in [1.165, 1.54) is 12.8 Å². The number of carbonyl (C=O) groups excluding carboxylic acids is 1. The Labute approximate surface area is 145 Å². The van der Waals surface area contributed by atoms with Crippen molar-refractivity contribution in [3.63, 3.8) is 0 Å². The molecule has 0 bridgehead atoms. The van der Waals surface area contributed by atoms with Gasteiger partial charge in [-0.2, -0.15) is 0 Å². The van der Waals surface area contributed by atoms with Crippen LogP contribution in [0.5, 0.6) is 0 Å². The number of hydrogen-bond acceptors (Lipinski definition) is 4. The topological polar surface area (TPSA) is 58.4 Å². The fourth-order valence-corrected chi connectivity index (χ4v) is 3.33. The molecule has 1 aliphatic carbocycles. The summed E-state index contributed by atoms with van der Waals surface area (Å²) >= 11 is 7.86. The summed E-state index contributed by atoms with van der Waals surface area (Å²) in [6, 6.07) is 1.88. The second kappa shape index (κ2) is 6.34. The molecule has 2 aromatic rings. The van der Waals surface area contributed by atoms with E-state index in [0.29, 0.717) is 28.8 Å². The molecule has 23 heavy (non-hydrogen) atoms. The molecule has 0 aliphatic heterocycles. The van der Waals surface area contributed by atoms with E-state index < -0.39 is 0 Å². The van der Waals surface area contributed by atoms with Crippen molar-refractivity contribution in [2.45, 2.75) is 44.0 Å². The standard InChI is InChI=1S/C16H21ClN4OS/c1-10(2)7-19-15(22)13-8-18-14-12(17)6-11(9-21(13)14)23-20-16(3)4-5-16/h6,8-10,20H,4-5,7H2,1-3H3,(H,19,22).